The normalized spacial score (nSPS) is 18.5. The highest BCUT2D eigenvalue weighted by Gasteiger charge is 2.17. The van der Waals surface area contributed by atoms with E-state index in [1.165, 1.54) is 12.8 Å². The summed E-state index contributed by atoms with van der Waals surface area (Å²) in [5.74, 6) is 2.60. The van der Waals surface area contributed by atoms with E-state index in [-0.39, 0.29) is 0 Å². The summed E-state index contributed by atoms with van der Waals surface area (Å²) in [6, 6.07) is 7.94. The van der Waals surface area contributed by atoms with Gasteiger partial charge in [-0.3, -0.25) is 4.98 Å². The first-order valence-corrected chi connectivity index (χ1v) is 7.52. The molecule has 1 fully saturated rings. The van der Waals surface area contributed by atoms with Crippen molar-refractivity contribution in [2.45, 2.75) is 26.3 Å². The quantitative estimate of drug-likeness (QED) is 0.935. The first-order valence-electron chi connectivity index (χ1n) is 7.52. The van der Waals surface area contributed by atoms with E-state index in [1.807, 2.05) is 24.3 Å². The van der Waals surface area contributed by atoms with E-state index in [2.05, 4.69) is 32.1 Å². The summed E-state index contributed by atoms with van der Waals surface area (Å²) in [6.07, 6.45) is 5.99. The fraction of sp³-hybridized carbons (Fsp3) is 0.438. The fourth-order valence-corrected chi connectivity index (χ4v) is 2.70. The van der Waals surface area contributed by atoms with Crippen LogP contribution in [-0.4, -0.2) is 28.0 Å². The van der Waals surface area contributed by atoms with Gasteiger partial charge in [0.25, 0.3) is 0 Å². The van der Waals surface area contributed by atoms with E-state index in [0.29, 0.717) is 6.54 Å². The second-order valence-corrected chi connectivity index (χ2v) is 5.63. The number of nitrogens with zero attached hydrogens (tertiary/aromatic N) is 4. The molecule has 1 atom stereocenters. The number of nitrogens with one attached hydrogen (secondary N) is 1. The largest absolute Gasteiger partial charge is 0.364 e. The number of hydrogen-bond acceptors (Lipinski definition) is 5. The van der Waals surface area contributed by atoms with E-state index in [9.17, 15) is 0 Å². The molecule has 1 aliphatic heterocycles. The lowest BCUT2D eigenvalue weighted by molar-refractivity contribution is 0.444. The zero-order valence-corrected chi connectivity index (χ0v) is 12.4. The van der Waals surface area contributed by atoms with Crippen molar-refractivity contribution in [1.29, 1.82) is 0 Å². The van der Waals surface area contributed by atoms with Gasteiger partial charge in [-0.1, -0.05) is 13.0 Å². The minimum absolute atomic E-state index is 0.674. The fourth-order valence-electron chi connectivity index (χ4n) is 2.70. The highest BCUT2D eigenvalue weighted by Crippen LogP contribution is 2.22. The molecular formula is C16H21N5. The summed E-state index contributed by atoms with van der Waals surface area (Å²) in [4.78, 5) is 15.4. The topological polar surface area (TPSA) is 53.9 Å². The smallest absolute Gasteiger partial charge is 0.134 e. The van der Waals surface area contributed by atoms with Crippen molar-refractivity contribution in [3.8, 4) is 0 Å². The van der Waals surface area contributed by atoms with Crippen LogP contribution in [-0.2, 0) is 6.54 Å². The van der Waals surface area contributed by atoms with Crippen molar-refractivity contribution in [3.05, 3.63) is 42.5 Å². The third-order valence-electron chi connectivity index (χ3n) is 3.81. The van der Waals surface area contributed by atoms with Crippen LogP contribution in [0.5, 0.6) is 0 Å². The Morgan fingerprint density at radius 2 is 2.24 bits per heavy atom. The molecular weight excluding hydrogens is 262 g/mol. The number of rotatable bonds is 4. The summed E-state index contributed by atoms with van der Waals surface area (Å²) < 4.78 is 0. The molecule has 2 aromatic rings. The highest BCUT2D eigenvalue weighted by molar-refractivity contribution is 5.48. The van der Waals surface area contributed by atoms with E-state index >= 15 is 0 Å². The molecule has 0 aliphatic carbocycles. The Morgan fingerprint density at radius 1 is 1.29 bits per heavy atom. The van der Waals surface area contributed by atoms with E-state index in [4.69, 9.17) is 0 Å². The molecule has 0 radical (unpaired) electrons. The number of piperidine rings is 1. The molecule has 0 aromatic carbocycles. The summed E-state index contributed by atoms with van der Waals surface area (Å²) in [5.41, 5.74) is 1.00. The Balaban J connectivity index is 1.65. The first kappa shape index (κ1) is 13.8. The molecule has 0 spiro atoms. The molecule has 2 aromatic heterocycles. The Bertz CT molecular complexity index is 572. The zero-order valence-electron chi connectivity index (χ0n) is 12.4. The number of hydrogen-bond donors (Lipinski definition) is 1. The van der Waals surface area contributed by atoms with Crippen LogP contribution in [0.25, 0.3) is 0 Å². The van der Waals surface area contributed by atoms with Gasteiger partial charge < -0.3 is 10.2 Å². The standard InChI is InChI=1S/C16H21N5/c1-13-5-4-8-21(11-13)16-9-15(19-12-20-16)18-10-14-6-2-3-7-17-14/h2-3,6-7,9,12-13H,4-5,8,10-11H2,1H3,(H,18,19,20). The molecule has 1 N–H and O–H groups in total. The van der Waals surface area contributed by atoms with Gasteiger partial charge in [-0.2, -0.15) is 0 Å². The van der Waals surface area contributed by atoms with Crippen LogP contribution in [0.1, 0.15) is 25.5 Å². The van der Waals surface area contributed by atoms with Crippen molar-refractivity contribution in [2.75, 3.05) is 23.3 Å². The minimum atomic E-state index is 0.674. The molecule has 1 saturated heterocycles. The maximum absolute atomic E-state index is 4.41. The SMILES string of the molecule is CC1CCCN(c2cc(NCc3ccccn3)ncn2)C1. The van der Waals surface area contributed by atoms with Gasteiger partial charge in [0, 0.05) is 25.4 Å². The van der Waals surface area contributed by atoms with Gasteiger partial charge in [0.1, 0.15) is 18.0 Å². The van der Waals surface area contributed by atoms with Crippen LogP contribution >= 0.6 is 0 Å². The van der Waals surface area contributed by atoms with Gasteiger partial charge in [-0.25, -0.2) is 9.97 Å². The molecule has 0 bridgehead atoms. The molecule has 5 heteroatoms. The Hall–Kier alpha value is -2.17. The molecule has 1 aliphatic rings. The van der Waals surface area contributed by atoms with E-state index < -0.39 is 0 Å². The maximum atomic E-state index is 4.41. The van der Waals surface area contributed by atoms with Gasteiger partial charge in [-0.15, -0.1) is 0 Å². The number of aromatic nitrogens is 3. The monoisotopic (exact) mass is 283 g/mol. The molecule has 0 amide bonds. The predicted molar refractivity (Wildman–Crippen MR) is 84.2 cm³/mol. The maximum Gasteiger partial charge on any atom is 0.134 e. The van der Waals surface area contributed by atoms with Crippen molar-refractivity contribution in [3.63, 3.8) is 0 Å². The molecule has 0 saturated carbocycles. The van der Waals surface area contributed by atoms with Gasteiger partial charge in [0.15, 0.2) is 0 Å². The van der Waals surface area contributed by atoms with Gasteiger partial charge >= 0.3 is 0 Å². The van der Waals surface area contributed by atoms with Crippen molar-refractivity contribution < 1.29 is 0 Å². The molecule has 110 valence electrons. The summed E-state index contributed by atoms with van der Waals surface area (Å²) in [7, 11) is 0. The average Bonchev–Trinajstić information content (AvgIpc) is 2.54. The average molecular weight is 283 g/mol. The zero-order chi connectivity index (χ0) is 14.5. The van der Waals surface area contributed by atoms with E-state index in [0.717, 1.165) is 36.3 Å². The van der Waals surface area contributed by atoms with Gasteiger partial charge in [0.2, 0.25) is 0 Å². The second-order valence-electron chi connectivity index (χ2n) is 5.63. The Labute approximate surface area is 125 Å². The lowest BCUT2D eigenvalue weighted by Crippen LogP contribution is -2.34. The summed E-state index contributed by atoms with van der Waals surface area (Å²) >= 11 is 0. The lowest BCUT2D eigenvalue weighted by atomic mass is 10.0. The van der Waals surface area contributed by atoms with Gasteiger partial charge in [-0.05, 0) is 30.9 Å². The minimum Gasteiger partial charge on any atom is -0.364 e. The summed E-state index contributed by atoms with van der Waals surface area (Å²) in [6.45, 7) is 5.14. The van der Waals surface area contributed by atoms with Crippen molar-refractivity contribution >= 4 is 11.6 Å². The molecule has 21 heavy (non-hydrogen) atoms. The van der Waals surface area contributed by atoms with Crippen LogP contribution in [0.2, 0.25) is 0 Å². The molecule has 3 rings (SSSR count). The Morgan fingerprint density at radius 3 is 3.05 bits per heavy atom. The van der Waals surface area contributed by atoms with Crippen LogP contribution in [0.15, 0.2) is 36.8 Å². The second kappa shape index (κ2) is 6.52. The number of pyridine rings is 1. The number of anilines is 2. The van der Waals surface area contributed by atoms with E-state index in [1.54, 1.807) is 12.5 Å². The molecule has 1 unspecified atom stereocenters. The Kier molecular flexibility index (Phi) is 4.28. The molecule has 3 heterocycles. The third-order valence-corrected chi connectivity index (χ3v) is 3.81. The van der Waals surface area contributed by atoms with Crippen molar-refractivity contribution in [2.24, 2.45) is 5.92 Å². The summed E-state index contributed by atoms with van der Waals surface area (Å²) in [5, 5.41) is 3.31. The third kappa shape index (κ3) is 3.68. The van der Waals surface area contributed by atoms with Gasteiger partial charge in [0.05, 0.1) is 12.2 Å². The van der Waals surface area contributed by atoms with Crippen LogP contribution in [0.3, 0.4) is 0 Å². The predicted octanol–water partition coefficient (Wildman–Crippen LogP) is 2.72. The highest BCUT2D eigenvalue weighted by atomic mass is 15.2. The van der Waals surface area contributed by atoms with Crippen LogP contribution in [0, 0.1) is 5.92 Å². The molecule has 5 nitrogen and oxygen atoms in total. The first-order chi connectivity index (χ1) is 10.3. The lowest BCUT2D eigenvalue weighted by Gasteiger charge is -2.31. The van der Waals surface area contributed by atoms with Crippen LogP contribution in [0.4, 0.5) is 11.6 Å². The van der Waals surface area contributed by atoms with Crippen LogP contribution < -0.4 is 10.2 Å². The van der Waals surface area contributed by atoms with Crippen molar-refractivity contribution in [1.82, 2.24) is 15.0 Å².